The molecule has 0 unspecified atom stereocenters. The summed E-state index contributed by atoms with van der Waals surface area (Å²) in [6, 6.07) is 19.0. The predicted molar refractivity (Wildman–Crippen MR) is 115 cm³/mol. The first-order valence-electron chi connectivity index (χ1n) is 9.10. The Morgan fingerprint density at radius 3 is 2.52 bits per heavy atom. The van der Waals surface area contributed by atoms with Gasteiger partial charge in [-0.1, -0.05) is 42.5 Å². The molecule has 29 heavy (non-hydrogen) atoms. The van der Waals surface area contributed by atoms with Crippen molar-refractivity contribution in [3.05, 3.63) is 83.2 Å². The minimum absolute atomic E-state index is 0.0432. The number of nitrogens with one attached hydrogen (secondary N) is 2. The molecule has 1 atom stereocenters. The van der Waals surface area contributed by atoms with E-state index in [2.05, 4.69) is 10.0 Å². The summed E-state index contributed by atoms with van der Waals surface area (Å²) in [5.41, 5.74) is 1.71. The van der Waals surface area contributed by atoms with Gasteiger partial charge in [0, 0.05) is 23.9 Å². The third kappa shape index (κ3) is 5.90. The predicted octanol–water partition coefficient (Wildman–Crippen LogP) is 3.27. The second-order valence-electron chi connectivity index (χ2n) is 6.49. The fourth-order valence-electron chi connectivity index (χ4n) is 2.89. The number of hydrogen-bond donors (Lipinski definition) is 3. The second kappa shape index (κ2) is 9.69. The Bertz CT molecular complexity index is 1040. The number of benzene rings is 2. The van der Waals surface area contributed by atoms with Gasteiger partial charge in [0.1, 0.15) is 4.21 Å². The lowest BCUT2D eigenvalue weighted by atomic mass is 10.0. The van der Waals surface area contributed by atoms with E-state index in [1.54, 1.807) is 29.6 Å². The largest absolute Gasteiger partial charge is 0.396 e. The van der Waals surface area contributed by atoms with Crippen LogP contribution in [0.1, 0.15) is 22.3 Å². The van der Waals surface area contributed by atoms with Crippen molar-refractivity contribution in [2.75, 3.05) is 11.3 Å². The van der Waals surface area contributed by atoms with Crippen LogP contribution in [0.15, 0.2) is 76.3 Å². The van der Waals surface area contributed by atoms with Crippen molar-refractivity contribution in [1.82, 2.24) is 5.32 Å². The molecule has 0 fully saturated rings. The monoisotopic (exact) mass is 430 g/mol. The fraction of sp³-hybridized carbons (Fsp3) is 0.190. The highest BCUT2D eigenvalue weighted by Gasteiger charge is 2.17. The SMILES string of the molecule is O=C(N[C@H](CCO)Cc1ccccc1)c1cccc(NS(=O)(=O)c2cccs2)c1. The molecule has 2 aromatic carbocycles. The molecule has 6 nitrogen and oxygen atoms in total. The number of rotatable bonds is 9. The van der Waals surface area contributed by atoms with Crippen LogP contribution in [0.3, 0.4) is 0 Å². The minimum atomic E-state index is -3.68. The summed E-state index contributed by atoms with van der Waals surface area (Å²) < 4.78 is 27.5. The van der Waals surface area contributed by atoms with Gasteiger partial charge < -0.3 is 10.4 Å². The zero-order chi connectivity index (χ0) is 20.7. The molecule has 0 saturated heterocycles. The molecule has 0 saturated carbocycles. The number of thiophene rings is 1. The molecular formula is C21H22N2O4S2. The number of sulfonamides is 1. The van der Waals surface area contributed by atoms with Gasteiger partial charge in [-0.05, 0) is 48.1 Å². The number of aliphatic hydroxyl groups excluding tert-OH is 1. The van der Waals surface area contributed by atoms with Crippen LogP contribution in [-0.2, 0) is 16.4 Å². The van der Waals surface area contributed by atoms with Gasteiger partial charge in [-0.2, -0.15) is 0 Å². The van der Waals surface area contributed by atoms with Crippen molar-refractivity contribution >= 4 is 33.0 Å². The summed E-state index contributed by atoms with van der Waals surface area (Å²) >= 11 is 1.12. The number of hydrogen-bond acceptors (Lipinski definition) is 5. The van der Waals surface area contributed by atoms with Crippen LogP contribution >= 0.6 is 11.3 Å². The van der Waals surface area contributed by atoms with Crippen LogP contribution in [-0.4, -0.2) is 32.1 Å². The Kier molecular flexibility index (Phi) is 7.03. The maximum Gasteiger partial charge on any atom is 0.271 e. The van der Waals surface area contributed by atoms with E-state index < -0.39 is 10.0 Å². The lowest BCUT2D eigenvalue weighted by molar-refractivity contribution is 0.0930. The average Bonchev–Trinajstić information content (AvgIpc) is 3.25. The zero-order valence-electron chi connectivity index (χ0n) is 15.6. The molecule has 0 radical (unpaired) electrons. The number of carbonyl (C=O) groups excluding carboxylic acids is 1. The van der Waals surface area contributed by atoms with Gasteiger partial charge in [-0.3, -0.25) is 9.52 Å². The van der Waals surface area contributed by atoms with E-state index in [0.29, 0.717) is 24.1 Å². The molecule has 3 aromatic rings. The average molecular weight is 431 g/mol. The van der Waals surface area contributed by atoms with Crippen molar-refractivity contribution in [2.45, 2.75) is 23.1 Å². The molecule has 0 spiro atoms. The van der Waals surface area contributed by atoms with Crippen molar-refractivity contribution in [3.8, 4) is 0 Å². The molecule has 0 aliphatic carbocycles. The molecule has 3 N–H and O–H groups in total. The van der Waals surface area contributed by atoms with Gasteiger partial charge >= 0.3 is 0 Å². The summed E-state index contributed by atoms with van der Waals surface area (Å²) in [6.45, 7) is -0.0432. The highest BCUT2D eigenvalue weighted by Crippen LogP contribution is 2.21. The smallest absolute Gasteiger partial charge is 0.271 e. The van der Waals surface area contributed by atoms with Gasteiger partial charge in [-0.15, -0.1) is 11.3 Å². The first kappa shape index (κ1) is 21.0. The van der Waals surface area contributed by atoms with Gasteiger partial charge in [0.25, 0.3) is 15.9 Å². The molecule has 3 rings (SSSR count). The van der Waals surface area contributed by atoms with Crippen molar-refractivity contribution < 1.29 is 18.3 Å². The Balaban J connectivity index is 1.71. The van der Waals surface area contributed by atoms with Gasteiger partial charge in [0.05, 0.1) is 0 Å². The lowest BCUT2D eigenvalue weighted by Gasteiger charge is -2.18. The zero-order valence-corrected chi connectivity index (χ0v) is 17.2. The van der Waals surface area contributed by atoms with Crippen molar-refractivity contribution in [3.63, 3.8) is 0 Å². The standard InChI is InChI=1S/C21H22N2O4S2/c24-12-11-18(14-16-6-2-1-3-7-16)22-21(25)17-8-4-9-19(15-17)23-29(26,27)20-10-5-13-28-20/h1-10,13,15,18,23-24H,11-12,14H2,(H,22,25)/t18-/m1/s1. The highest BCUT2D eigenvalue weighted by molar-refractivity contribution is 7.94. The van der Waals surface area contributed by atoms with Crippen LogP contribution in [0.5, 0.6) is 0 Å². The molecule has 0 aliphatic heterocycles. The van der Waals surface area contributed by atoms with E-state index in [9.17, 15) is 18.3 Å². The first-order chi connectivity index (χ1) is 14.0. The quantitative estimate of drug-likeness (QED) is 0.485. The van der Waals surface area contributed by atoms with E-state index in [4.69, 9.17) is 0 Å². The van der Waals surface area contributed by atoms with Crippen LogP contribution in [0, 0.1) is 0 Å². The van der Waals surface area contributed by atoms with E-state index in [1.165, 1.54) is 12.1 Å². The fourth-order valence-corrected chi connectivity index (χ4v) is 4.94. The Labute approximate surface area is 174 Å². The Hall–Kier alpha value is -2.68. The van der Waals surface area contributed by atoms with E-state index in [-0.39, 0.29) is 22.8 Å². The van der Waals surface area contributed by atoms with Gasteiger partial charge in [0.2, 0.25) is 0 Å². The second-order valence-corrected chi connectivity index (χ2v) is 9.35. The number of amides is 1. The Morgan fingerprint density at radius 1 is 1.03 bits per heavy atom. The molecule has 0 bridgehead atoms. The van der Waals surface area contributed by atoms with E-state index >= 15 is 0 Å². The first-order valence-corrected chi connectivity index (χ1v) is 11.5. The van der Waals surface area contributed by atoms with Crippen LogP contribution in [0.4, 0.5) is 5.69 Å². The number of carbonyl (C=O) groups is 1. The number of aliphatic hydroxyl groups is 1. The van der Waals surface area contributed by atoms with Gasteiger partial charge in [-0.25, -0.2) is 8.42 Å². The molecule has 1 aromatic heterocycles. The van der Waals surface area contributed by atoms with Crippen LogP contribution < -0.4 is 10.0 Å². The maximum atomic E-state index is 12.7. The van der Waals surface area contributed by atoms with E-state index in [0.717, 1.165) is 16.9 Å². The summed E-state index contributed by atoms with van der Waals surface area (Å²) in [7, 11) is -3.68. The number of anilines is 1. The topological polar surface area (TPSA) is 95.5 Å². The van der Waals surface area contributed by atoms with Crippen molar-refractivity contribution in [2.24, 2.45) is 0 Å². The minimum Gasteiger partial charge on any atom is -0.396 e. The van der Waals surface area contributed by atoms with E-state index in [1.807, 2.05) is 30.3 Å². The highest BCUT2D eigenvalue weighted by atomic mass is 32.2. The molecular weight excluding hydrogens is 408 g/mol. The summed E-state index contributed by atoms with van der Waals surface area (Å²) in [4.78, 5) is 12.7. The lowest BCUT2D eigenvalue weighted by Crippen LogP contribution is -2.37. The molecule has 8 heteroatoms. The molecule has 152 valence electrons. The normalized spacial score (nSPS) is 12.3. The summed E-state index contributed by atoms with van der Waals surface area (Å²) in [6.07, 6.45) is 1.02. The Morgan fingerprint density at radius 2 is 1.83 bits per heavy atom. The summed E-state index contributed by atoms with van der Waals surface area (Å²) in [5.74, 6) is -0.323. The summed E-state index contributed by atoms with van der Waals surface area (Å²) in [5, 5.41) is 13.9. The molecule has 1 heterocycles. The third-order valence-electron chi connectivity index (χ3n) is 4.27. The molecule has 1 amide bonds. The maximum absolute atomic E-state index is 12.7. The van der Waals surface area contributed by atoms with Gasteiger partial charge in [0.15, 0.2) is 0 Å². The van der Waals surface area contributed by atoms with Crippen LogP contribution in [0.2, 0.25) is 0 Å². The third-order valence-corrected chi connectivity index (χ3v) is 7.05. The van der Waals surface area contributed by atoms with Crippen LogP contribution in [0.25, 0.3) is 0 Å². The van der Waals surface area contributed by atoms with Crippen molar-refractivity contribution in [1.29, 1.82) is 0 Å². The molecule has 0 aliphatic rings.